The van der Waals surface area contributed by atoms with Crippen LogP contribution in [0.2, 0.25) is 0 Å². The number of aromatic amines is 2. The average molecular weight is 532 g/mol. The first-order valence-electron chi connectivity index (χ1n) is 12.5. The zero-order chi connectivity index (χ0) is 26.2. The smallest absolute Gasteiger partial charge is 0.176 e. The molecule has 6 heterocycles. The third-order valence-electron chi connectivity index (χ3n) is 6.64. The van der Waals surface area contributed by atoms with Gasteiger partial charge in [0.15, 0.2) is 5.13 Å². The number of pyridine rings is 3. The van der Waals surface area contributed by atoms with Gasteiger partial charge < -0.3 is 10.3 Å². The van der Waals surface area contributed by atoms with Crippen molar-refractivity contribution in [2.75, 3.05) is 0 Å². The summed E-state index contributed by atoms with van der Waals surface area (Å²) in [6.07, 6.45) is 7.23. The Labute approximate surface area is 226 Å². The molecule has 0 saturated carbocycles. The SMILES string of the molecule is Fc1ccc(-c2cncc3[nH]c(-c4n[nH]c5ccc(-c6cncc(CNCc7ccccc7)c6)nc45)cc23)s1. The normalized spacial score (nSPS) is 11.5. The molecule has 9 heteroatoms. The van der Waals surface area contributed by atoms with Crippen LogP contribution in [0.3, 0.4) is 0 Å². The third-order valence-corrected chi connectivity index (χ3v) is 7.55. The topological polar surface area (TPSA) is 95.2 Å². The summed E-state index contributed by atoms with van der Waals surface area (Å²) in [5.74, 6) is 0. The van der Waals surface area contributed by atoms with Gasteiger partial charge in [-0.15, -0.1) is 11.3 Å². The second-order valence-corrected chi connectivity index (χ2v) is 10.3. The van der Waals surface area contributed by atoms with E-state index >= 15 is 0 Å². The number of hydrogen-bond acceptors (Lipinski definition) is 6. The highest BCUT2D eigenvalue weighted by Crippen LogP contribution is 2.36. The van der Waals surface area contributed by atoms with Crippen molar-refractivity contribution in [2.24, 2.45) is 0 Å². The van der Waals surface area contributed by atoms with Gasteiger partial charge in [0.05, 0.1) is 28.6 Å². The van der Waals surface area contributed by atoms with E-state index in [1.165, 1.54) is 11.6 Å². The summed E-state index contributed by atoms with van der Waals surface area (Å²) >= 11 is 1.10. The van der Waals surface area contributed by atoms with E-state index in [9.17, 15) is 4.39 Å². The number of H-pyrrole nitrogens is 2. The van der Waals surface area contributed by atoms with Crippen molar-refractivity contribution in [3.63, 3.8) is 0 Å². The van der Waals surface area contributed by atoms with E-state index in [0.717, 1.165) is 72.8 Å². The van der Waals surface area contributed by atoms with Gasteiger partial charge in [-0.2, -0.15) is 9.49 Å². The lowest BCUT2D eigenvalue weighted by molar-refractivity contribution is 0.657. The summed E-state index contributed by atoms with van der Waals surface area (Å²) in [4.78, 5) is 18.0. The molecule has 0 radical (unpaired) electrons. The number of nitrogens with zero attached hydrogens (tertiary/aromatic N) is 4. The minimum absolute atomic E-state index is 0.224. The van der Waals surface area contributed by atoms with E-state index < -0.39 is 0 Å². The lowest BCUT2D eigenvalue weighted by Gasteiger charge is -2.07. The summed E-state index contributed by atoms with van der Waals surface area (Å²) < 4.78 is 13.7. The fraction of sp³-hybridized carbons (Fsp3) is 0.0667. The fourth-order valence-electron chi connectivity index (χ4n) is 4.75. The second-order valence-electron chi connectivity index (χ2n) is 9.27. The minimum atomic E-state index is -0.224. The van der Waals surface area contributed by atoms with Gasteiger partial charge in [0.25, 0.3) is 0 Å². The summed E-state index contributed by atoms with van der Waals surface area (Å²) in [7, 11) is 0. The van der Waals surface area contributed by atoms with Crippen molar-refractivity contribution in [2.45, 2.75) is 13.1 Å². The molecule has 0 aliphatic rings. The van der Waals surface area contributed by atoms with Gasteiger partial charge in [0.2, 0.25) is 0 Å². The lowest BCUT2D eigenvalue weighted by atomic mass is 10.1. The number of aromatic nitrogens is 6. The van der Waals surface area contributed by atoms with Gasteiger partial charge in [0, 0.05) is 53.1 Å². The van der Waals surface area contributed by atoms with E-state index in [4.69, 9.17) is 4.98 Å². The van der Waals surface area contributed by atoms with Crippen LogP contribution in [0.15, 0.2) is 91.5 Å². The van der Waals surface area contributed by atoms with Gasteiger partial charge in [0.1, 0.15) is 11.2 Å². The molecular formula is C30H22FN7S. The third kappa shape index (κ3) is 4.58. The first kappa shape index (κ1) is 23.4. The zero-order valence-corrected chi connectivity index (χ0v) is 21.5. The molecule has 0 spiro atoms. The van der Waals surface area contributed by atoms with Crippen LogP contribution in [0.4, 0.5) is 4.39 Å². The highest BCUT2D eigenvalue weighted by Gasteiger charge is 2.16. The Morgan fingerprint density at radius 1 is 0.821 bits per heavy atom. The van der Waals surface area contributed by atoms with Crippen LogP contribution in [-0.4, -0.2) is 30.1 Å². The Hall–Kier alpha value is -4.73. The number of nitrogens with one attached hydrogen (secondary N) is 3. The maximum Gasteiger partial charge on any atom is 0.176 e. The Balaban J connectivity index is 1.20. The van der Waals surface area contributed by atoms with Crippen molar-refractivity contribution < 1.29 is 4.39 Å². The average Bonchev–Trinajstić information content (AvgIpc) is 3.71. The molecule has 39 heavy (non-hydrogen) atoms. The molecule has 6 aromatic heterocycles. The van der Waals surface area contributed by atoms with Crippen LogP contribution >= 0.6 is 11.3 Å². The highest BCUT2D eigenvalue weighted by atomic mass is 32.1. The van der Waals surface area contributed by atoms with E-state index in [1.54, 1.807) is 18.5 Å². The molecule has 0 bridgehead atoms. The molecule has 0 saturated heterocycles. The van der Waals surface area contributed by atoms with E-state index in [1.807, 2.05) is 48.8 Å². The molecule has 190 valence electrons. The van der Waals surface area contributed by atoms with Crippen molar-refractivity contribution in [1.82, 2.24) is 35.5 Å². The Morgan fingerprint density at radius 2 is 1.69 bits per heavy atom. The molecule has 0 atom stereocenters. The molecule has 0 fully saturated rings. The van der Waals surface area contributed by atoms with Crippen LogP contribution in [0.1, 0.15) is 11.1 Å². The van der Waals surface area contributed by atoms with Crippen molar-refractivity contribution in [3.8, 4) is 33.1 Å². The Morgan fingerprint density at radius 3 is 2.56 bits per heavy atom. The van der Waals surface area contributed by atoms with Crippen LogP contribution in [0, 0.1) is 5.13 Å². The molecule has 7 nitrogen and oxygen atoms in total. The molecule has 0 amide bonds. The van der Waals surface area contributed by atoms with Crippen LogP contribution < -0.4 is 5.32 Å². The molecule has 0 aliphatic heterocycles. The molecule has 0 unspecified atom stereocenters. The van der Waals surface area contributed by atoms with Crippen molar-refractivity contribution in [3.05, 3.63) is 108 Å². The quantitative estimate of drug-likeness (QED) is 0.212. The van der Waals surface area contributed by atoms with Crippen molar-refractivity contribution in [1.29, 1.82) is 0 Å². The molecule has 1 aromatic carbocycles. The fourth-order valence-corrected chi connectivity index (χ4v) is 5.51. The first-order chi connectivity index (χ1) is 19.2. The Kier molecular flexibility index (Phi) is 5.92. The maximum atomic E-state index is 13.7. The molecule has 3 N–H and O–H groups in total. The zero-order valence-electron chi connectivity index (χ0n) is 20.6. The molecule has 0 aliphatic carbocycles. The number of rotatable bonds is 7. The van der Waals surface area contributed by atoms with Crippen LogP contribution in [0.25, 0.3) is 55.0 Å². The summed E-state index contributed by atoms with van der Waals surface area (Å²) in [5, 5.41) is 11.9. The number of halogens is 1. The van der Waals surface area contributed by atoms with Crippen molar-refractivity contribution >= 4 is 33.3 Å². The van der Waals surface area contributed by atoms with Gasteiger partial charge in [-0.05, 0) is 47.5 Å². The van der Waals surface area contributed by atoms with E-state index in [2.05, 4.69) is 48.7 Å². The van der Waals surface area contributed by atoms with E-state index in [0.29, 0.717) is 12.2 Å². The summed E-state index contributed by atoms with van der Waals surface area (Å²) in [5.41, 5.74) is 8.90. The van der Waals surface area contributed by atoms with Gasteiger partial charge in [-0.1, -0.05) is 30.3 Å². The first-order valence-corrected chi connectivity index (χ1v) is 13.3. The second kappa shape index (κ2) is 9.86. The monoisotopic (exact) mass is 531 g/mol. The summed E-state index contributed by atoms with van der Waals surface area (Å²) in [6, 6.07) is 21.7. The van der Waals surface area contributed by atoms with Gasteiger partial charge in [-0.3, -0.25) is 15.1 Å². The largest absolute Gasteiger partial charge is 0.352 e. The predicted octanol–water partition coefficient (Wildman–Crippen LogP) is 6.72. The number of hydrogen-bond donors (Lipinski definition) is 3. The molecule has 7 rings (SSSR count). The Bertz CT molecular complexity index is 1920. The molecule has 7 aromatic rings. The summed E-state index contributed by atoms with van der Waals surface area (Å²) in [6.45, 7) is 1.49. The predicted molar refractivity (Wildman–Crippen MR) is 152 cm³/mol. The van der Waals surface area contributed by atoms with E-state index in [-0.39, 0.29) is 5.13 Å². The number of fused-ring (bicyclic) bond motifs is 2. The number of benzene rings is 1. The minimum Gasteiger partial charge on any atom is -0.352 e. The maximum absolute atomic E-state index is 13.7. The van der Waals surface area contributed by atoms with Gasteiger partial charge in [-0.25, -0.2) is 4.98 Å². The van der Waals surface area contributed by atoms with Gasteiger partial charge >= 0.3 is 0 Å². The standard InChI is InChI=1S/C30H22FN7S/c31-28-9-8-27(39-28)22-16-34-17-26-21(22)11-25(35-26)30-29-24(37-38-30)7-6-23(36-29)20-10-19(14-33-15-20)13-32-12-18-4-2-1-3-5-18/h1-11,14-17,32,35H,12-13H2,(H,37,38). The highest BCUT2D eigenvalue weighted by molar-refractivity contribution is 7.14. The molecular weight excluding hydrogens is 509 g/mol. The van der Waals surface area contributed by atoms with Crippen LogP contribution in [-0.2, 0) is 13.1 Å². The lowest BCUT2D eigenvalue weighted by Crippen LogP contribution is -2.12. The number of thiophene rings is 1. The van der Waals surface area contributed by atoms with Crippen LogP contribution in [0.5, 0.6) is 0 Å².